The third kappa shape index (κ3) is 3.50. The molecule has 1 amide bonds. The summed E-state index contributed by atoms with van der Waals surface area (Å²) in [4.78, 5) is 37.9. The summed E-state index contributed by atoms with van der Waals surface area (Å²) in [6, 6.07) is 11.2. The van der Waals surface area contributed by atoms with E-state index in [1.54, 1.807) is 6.07 Å². The first-order valence-corrected chi connectivity index (χ1v) is 12.2. The standard InChI is InChI=1S/C29H29NO7/c1-28(2,3)15-6-4-13(5-7-15)17-8-9-19(31)22-18(17)11-14-10-16-12-20(32)23(27(30)36)26(35)29(16,37)25(34)21(14)24(22)33/h4-9,14,16,31,33,35,37H,10-12H2,1-3H3,(H2,30,36). The smallest absolute Gasteiger partial charge is 0.255 e. The summed E-state index contributed by atoms with van der Waals surface area (Å²) in [5.41, 5.74) is 5.22. The molecule has 1 fully saturated rings. The zero-order chi connectivity index (χ0) is 27.0. The van der Waals surface area contributed by atoms with Crippen LogP contribution in [0.15, 0.2) is 53.3 Å². The van der Waals surface area contributed by atoms with Gasteiger partial charge in [-0.05, 0) is 52.5 Å². The first-order valence-electron chi connectivity index (χ1n) is 12.2. The molecule has 0 bridgehead atoms. The molecule has 2 aromatic rings. The molecule has 37 heavy (non-hydrogen) atoms. The summed E-state index contributed by atoms with van der Waals surface area (Å²) in [6.07, 6.45) is 0.0171. The average molecular weight is 504 g/mol. The predicted molar refractivity (Wildman–Crippen MR) is 136 cm³/mol. The van der Waals surface area contributed by atoms with Crippen LogP contribution < -0.4 is 5.73 Å². The Morgan fingerprint density at radius 3 is 2.24 bits per heavy atom. The number of carbonyl (C=O) groups excluding carboxylic acids is 3. The lowest BCUT2D eigenvalue weighted by Crippen LogP contribution is -2.58. The number of phenols is 1. The zero-order valence-electron chi connectivity index (χ0n) is 20.8. The normalized spacial score (nSPS) is 25.5. The fourth-order valence-corrected chi connectivity index (χ4v) is 6.04. The molecule has 8 heteroatoms. The fraction of sp³-hybridized carbons (Fsp3) is 0.345. The Labute approximate surface area is 213 Å². The van der Waals surface area contributed by atoms with E-state index < -0.39 is 52.0 Å². The van der Waals surface area contributed by atoms with Crippen LogP contribution in [0.3, 0.4) is 0 Å². The van der Waals surface area contributed by atoms with Gasteiger partial charge < -0.3 is 26.2 Å². The van der Waals surface area contributed by atoms with Gasteiger partial charge >= 0.3 is 0 Å². The molecule has 3 unspecified atom stereocenters. The second-order valence-corrected chi connectivity index (χ2v) is 11.2. The lowest BCUT2D eigenvalue weighted by molar-refractivity contribution is -0.147. The Hall–Kier alpha value is -3.91. The van der Waals surface area contributed by atoms with Gasteiger partial charge in [0.05, 0.1) is 5.56 Å². The van der Waals surface area contributed by atoms with Crippen LogP contribution in [0.1, 0.15) is 50.3 Å². The van der Waals surface area contributed by atoms with Crippen molar-refractivity contribution in [2.75, 3.05) is 0 Å². The van der Waals surface area contributed by atoms with Crippen molar-refractivity contribution in [1.82, 2.24) is 0 Å². The second-order valence-electron chi connectivity index (χ2n) is 11.2. The Morgan fingerprint density at radius 1 is 1.00 bits per heavy atom. The fourth-order valence-electron chi connectivity index (χ4n) is 6.04. The van der Waals surface area contributed by atoms with Gasteiger partial charge in [-0.1, -0.05) is 51.1 Å². The molecule has 3 atom stereocenters. The van der Waals surface area contributed by atoms with Gasteiger partial charge in [0.25, 0.3) is 5.91 Å². The number of carbonyl (C=O) groups is 3. The summed E-state index contributed by atoms with van der Waals surface area (Å²) in [7, 11) is 0. The van der Waals surface area contributed by atoms with E-state index in [4.69, 9.17) is 5.73 Å². The molecule has 0 aliphatic heterocycles. The van der Waals surface area contributed by atoms with Crippen molar-refractivity contribution in [2.24, 2.45) is 17.6 Å². The molecule has 3 aliphatic carbocycles. The van der Waals surface area contributed by atoms with Gasteiger partial charge in [0.2, 0.25) is 5.78 Å². The summed E-state index contributed by atoms with van der Waals surface area (Å²) in [5, 5.41) is 44.0. The summed E-state index contributed by atoms with van der Waals surface area (Å²) in [5.74, 6) is -6.34. The number of Topliss-reactive ketones (excluding diaryl/α,β-unsaturated/α-hetero) is 2. The molecule has 0 saturated heterocycles. The van der Waals surface area contributed by atoms with Crippen molar-refractivity contribution in [3.63, 3.8) is 0 Å². The first-order chi connectivity index (χ1) is 17.3. The van der Waals surface area contributed by atoms with Crippen molar-refractivity contribution >= 4 is 23.2 Å². The number of primary amides is 1. The molecule has 0 heterocycles. The van der Waals surface area contributed by atoms with Gasteiger partial charge in [0.15, 0.2) is 11.4 Å². The van der Waals surface area contributed by atoms with Crippen LogP contribution in [0.2, 0.25) is 0 Å². The Morgan fingerprint density at radius 2 is 1.65 bits per heavy atom. The maximum absolute atomic E-state index is 13.6. The number of ketones is 2. The minimum atomic E-state index is -2.56. The molecule has 2 aromatic carbocycles. The van der Waals surface area contributed by atoms with Crippen molar-refractivity contribution in [1.29, 1.82) is 0 Å². The van der Waals surface area contributed by atoms with Crippen molar-refractivity contribution < 1.29 is 34.8 Å². The van der Waals surface area contributed by atoms with Gasteiger partial charge in [-0.2, -0.15) is 0 Å². The molecule has 6 N–H and O–H groups in total. The number of hydrogen-bond acceptors (Lipinski definition) is 7. The molecule has 192 valence electrons. The van der Waals surface area contributed by atoms with Crippen LogP contribution in [-0.4, -0.2) is 43.5 Å². The lowest BCUT2D eigenvalue weighted by atomic mass is 9.59. The van der Waals surface area contributed by atoms with E-state index in [0.29, 0.717) is 5.56 Å². The molecule has 8 nitrogen and oxygen atoms in total. The number of fused-ring (bicyclic) bond motifs is 3. The van der Waals surface area contributed by atoms with Crippen LogP contribution in [0.25, 0.3) is 16.9 Å². The lowest BCUT2D eigenvalue weighted by Gasteiger charge is -2.46. The Kier molecular flexibility index (Phi) is 5.39. The first kappa shape index (κ1) is 24.8. The third-order valence-corrected chi connectivity index (χ3v) is 8.01. The number of hydrogen-bond donors (Lipinski definition) is 5. The number of nitrogens with two attached hydrogens (primary N) is 1. The number of rotatable bonds is 2. The maximum atomic E-state index is 13.6. The highest BCUT2D eigenvalue weighted by molar-refractivity contribution is 6.22. The number of amides is 1. The highest BCUT2D eigenvalue weighted by Gasteiger charge is 2.60. The largest absolute Gasteiger partial charge is 0.508 e. The van der Waals surface area contributed by atoms with Crippen LogP contribution in [-0.2, 0) is 26.2 Å². The summed E-state index contributed by atoms with van der Waals surface area (Å²) >= 11 is 0. The maximum Gasteiger partial charge on any atom is 0.255 e. The van der Waals surface area contributed by atoms with Crippen molar-refractivity contribution in [3.05, 3.63) is 70.0 Å². The van der Waals surface area contributed by atoms with Gasteiger partial charge in [-0.15, -0.1) is 0 Å². The monoisotopic (exact) mass is 503 g/mol. The molecule has 0 aromatic heterocycles. The molecule has 0 spiro atoms. The van der Waals surface area contributed by atoms with Gasteiger partial charge in [-0.25, -0.2) is 0 Å². The van der Waals surface area contributed by atoms with E-state index in [9.17, 15) is 34.8 Å². The van der Waals surface area contributed by atoms with Crippen LogP contribution in [0, 0.1) is 11.8 Å². The number of aliphatic hydroxyl groups excluding tert-OH is 2. The third-order valence-electron chi connectivity index (χ3n) is 8.01. The van der Waals surface area contributed by atoms with E-state index in [1.807, 2.05) is 24.3 Å². The van der Waals surface area contributed by atoms with Gasteiger partial charge in [0.1, 0.15) is 22.8 Å². The Bertz CT molecular complexity index is 1440. The molecule has 1 saturated carbocycles. The number of phenolic OH excluding ortho intramolecular Hbond substituents is 1. The van der Waals surface area contributed by atoms with Gasteiger partial charge in [0, 0.05) is 17.9 Å². The topological polar surface area (TPSA) is 158 Å². The summed E-state index contributed by atoms with van der Waals surface area (Å²) < 4.78 is 0. The van der Waals surface area contributed by atoms with Crippen molar-refractivity contribution in [3.8, 4) is 16.9 Å². The van der Waals surface area contributed by atoms with E-state index >= 15 is 0 Å². The van der Waals surface area contributed by atoms with Crippen LogP contribution in [0.5, 0.6) is 5.75 Å². The Balaban J connectivity index is 1.66. The molecule has 3 aliphatic rings. The SMILES string of the molecule is CC(C)(C)c1ccc(-c2ccc(O)c3c2CC2CC4CC(=O)C(C(N)=O)=C(O)C4(O)C(=O)C2=C3O)cc1. The van der Waals surface area contributed by atoms with E-state index in [2.05, 4.69) is 20.8 Å². The average Bonchev–Trinajstić information content (AvgIpc) is 2.81. The van der Waals surface area contributed by atoms with E-state index in [0.717, 1.165) is 16.7 Å². The molecular weight excluding hydrogens is 474 g/mol. The number of aromatic hydroxyl groups is 1. The predicted octanol–water partition coefficient (Wildman–Crippen LogP) is 3.39. The van der Waals surface area contributed by atoms with E-state index in [1.165, 1.54) is 6.07 Å². The minimum Gasteiger partial charge on any atom is -0.508 e. The van der Waals surface area contributed by atoms with Crippen molar-refractivity contribution in [2.45, 2.75) is 51.0 Å². The van der Waals surface area contributed by atoms with E-state index in [-0.39, 0.29) is 41.6 Å². The number of benzene rings is 2. The number of aliphatic hydroxyl groups is 3. The minimum absolute atomic E-state index is 0.0338. The highest BCUT2D eigenvalue weighted by Crippen LogP contribution is 2.53. The zero-order valence-corrected chi connectivity index (χ0v) is 20.8. The summed E-state index contributed by atoms with van der Waals surface area (Å²) in [6.45, 7) is 6.35. The van der Waals surface area contributed by atoms with Crippen LogP contribution in [0.4, 0.5) is 0 Å². The quantitative estimate of drug-likeness (QED) is 0.393. The molecular formula is C29H29NO7. The highest BCUT2D eigenvalue weighted by atomic mass is 16.3. The second kappa shape index (κ2) is 8.05. The molecule has 5 rings (SSSR count). The van der Waals surface area contributed by atoms with Gasteiger partial charge in [-0.3, -0.25) is 14.4 Å². The van der Waals surface area contributed by atoms with Crippen LogP contribution >= 0.6 is 0 Å². The molecule has 0 radical (unpaired) electrons.